The molecule has 1 unspecified atom stereocenters. The van der Waals surface area contributed by atoms with Crippen molar-refractivity contribution in [3.8, 4) is 0 Å². The quantitative estimate of drug-likeness (QED) is 0.930. The summed E-state index contributed by atoms with van der Waals surface area (Å²) in [5.41, 5.74) is 2.06. The van der Waals surface area contributed by atoms with E-state index >= 15 is 0 Å². The molecular formula is C16H25N5OS. The maximum atomic E-state index is 5.75. The lowest BCUT2D eigenvalue weighted by molar-refractivity contribution is 0.0654. The summed E-state index contributed by atoms with van der Waals surface area (Å²) in [6.45, 7) is 6.42. The molecule has 23 heavy (non-hydrogen) atoms. The second-order valence-corrected chi connectivity index (χ2v) is 7.73. The van der Waals surface area contributed by atoms with Gasteiger partial charge in [0.05, 0.1) is 16.5 Å². The third kappa shape index (κ3) is 3.22. The number of hydrogen-bond donors (Lipinski definition) is 1. The van der Waals surface area contributed by atoms with Crippen molar-refractivity contribution < 1.29 is 4.74 Å². The highest BCUT2D eigenvalue weighted by molar-refractivity contribution is 7.22. The third-order valence-corrected chi connectivity index (χ3v) is 6.03. The predicted molar refractivity (Wildman–Crippen MR) is 93.2 cm³/mol. The maximum absolute atomic E-state index is 5.75. The van der Waals surface area contributed by atoms with Gasteiger partial charge in [0.15, 0.2) is 10.8 Å². The van der Waals surface area contributed by atoms with Crippen LogP contribution in [0.25, 0.3) is 10.3 Å². The zero-order valence-corrected chi connectivity index (χ0v) is 14.7. The Morgan fingerprint density at radius 3 is 2.83 bits per heavy atom. The molecule has 0 amide bonds. The van der Waals surface area contributed by atoms with Crippen molar-refractivity contribution in [1.29, 1.82) is 0 Å². The minimum atomic E-state index is 0.472. The van der Waals surface area contributed by atoms with Crippen LogP contribution >= 0.6 is 11.3 Å². The molecule has 2 fully saturated rings. The van der Waals surface area contributed by atoms with Gasteiger partial charge in [-0.15, -0.1) is 0 Å². The van der Waals surface area contributed by atoms with Gasteiger partial charge in [-0.2, -0.15) is 5.10 Å². The molecule has 0 spiro atoms. The van der Waals surface area contributed by atoms with Crippen LogP contribution in [-0.2, 0) is 11.8 Å². The van der Waals surface area contributed by atoms with Crippen molar-refractivity contribution in [2.75, 3.05) is 31.6 Å². The molecule has 2 aliphatic rings. The summed E-state index contributed by atoms with van der Waals surface area (Å²) in [7, 11) is 1.96. The van der Waals surface area contributed by atoms with Gasteiger partial charge in [0.1, 0.15) is 0 Å². The van der Waals surface area contributed by atoms with Crippen molar-refractivity contribution in [3.05, 3.63) is 5.69 Å². The van der Waals surface area contributed by atoms with E-state index in [1.54, 1.807) is 11.3 Å². The molecule has 0 bridgehead atoms. The number of likely N-dealkylation sites (tertiary alicyclic amines) is 1. The smallest absolute Gasteiger partial charge is 0.185 e. The van der Waals surface area contributed by atoms with E-state index in [2.05, 4.69) is 15.3 Å². The number of hydrogen-bond acceptors (Lipinski definition) is 6. The highest BCUT2D eigenvalue weighted by atomic mass is 32.1. The summed E-state index contributed by atoms with van der Waals surface area (Å²) in [5, 5.41) is 9.08. The molecule has 0 radical (unpaired) electrons. The number of piperidine rings is 1. The average Bonchev–Trinajstić information content (AvgIpc) is 3.23. The summed E-state index contributed by atoms with van der Waals surface area (Å²) in [6, 6.07) is 0.532. The second-order valence-electron chi connectivity index (χ2n) is 6.74. The number of aromatic nitrogens is 3. The van der Waals surface area contributed by atoms with Gasteiger partial charge in [0.2, 0.25) is 0 Å². The third-order valence-electron chi connectivity index (χ3n) is 4.95. The number of rotatable bonds is 4. The van der Waals surface area contributed by atoms with E-state index in [1.165, 1.54) is 30.4 Å². The first-order chi connectivity index (χ1) is 11.2. The van der Waals surface area contributed by atoms with E-state index in [4.69, 9.17) is 9.72 Å². The number of fused-ring (bicyclic) bond motifs is 1. The van der Waals surface area contributed by atoms with Gasteiger partial charge in [-0.3, -0.25) is 0 Å². The van der Waals surface area contributed by atoms with Crippen LogP contribution in [0.3, 0.4) is 0 Å². The van der Waals surface area contributed by atoms with E-state index in [-0.39, 0.29) is 0 Å². The number of thiazole rings is 1. The maximum Gasteiger partial charge on any atom is 0.185 e. The van der Waals surface area contributed by atoms with Crippen LogP contribution in [0, 0.1) is 6.92 Å². The summed E-state index contributed by atoms with van der Waals surface area (Å²) in [6.07, 6.45) is 5.30. The first kappa shape index (κ1) is 15.4. The zero-order chi connectivity index (χ0) is 15.8. The molecule has 2 aliphatic heterocycles. The van der Waals surface area contributed by atoms with Gasteiger partial charge in [0.25, 0.3) is 0 Å². The number of nitrogens with zero attached hydrogens (tertiary/aromatic N) is 4. The largest absolute Gasteiger partial charge is 0.377 e. The Bertz CT molecular complexity index is 633. The van der Waals surface area contributed by atoms with Crippen molar-refractivity contribution in [3.63, 3.8) is 0 Å². The lowest BCUT2D eigenvalue weighted by Crippen LogP contribution is -2.42. The molecular weight excluding hydrogens is 310 g/mol. The van der Waals surface area contributed by atoms with Gasteiger partial charge < -0.3 is 15.0 Å². The monoisotopic (exact) mass is 335 g/mol. The fourth-order valence-electron chi connectivity index (χ4n) is 3.66. The summed E-state index contributed by atoms with van der Waals surface area (Å²) in [5.74, 6) is 0. The van der Waals surface area contributed by atoms with Gasteiger partial charge in [-0.1, -0.05) is 11.3 Å². The molecule has 2 aromatic heterocycles. The molecule has 0 saturated carbocycles. The molecule has 0 aliphatic carbocycles. The lowest BCUT2D eigenvalue weighted by atomic mass is 10.0. The first-order valence-electron chi connectivity index (χ1n) is 8.59. The molecule has 2 aromatic rings. The fourth-order valence-corrected chi connectivity index (χ4v) is 4.67. The zero-order valence-electron chi connectivity index (χ0n) is 13.9. The lowest BCUT2D eigenvalue weighted by Gasteiger charge is -2.33. The Balaban J connectivity index is 1.32. The second kappa shape index (κ2) is 6.37. The first-order valence-corrected chi connectivity index (χ1v) is 9.41. The number of aryl methyl sites for hydroxylation is 2. The van der Waals surface area contributed by atoms with Crippen molar-refractivity contribution in [2.24, 2.45) is 7.05 Å². The average molecular weight is 335 g/mol. The Morgan fingerprint density at radius 2 is 2.13 bits per heavy atom. The standard InChI is InChI=1S/C16H25N5OS/c1-11-14-15(20(2)19-11)18-16(23-14)17-12-5-7-21(8-6-12)10-13-4-3-9-22-13/h12-13H,3-10H2,1-2H3,(H,17,18). The molecule has 0 aromatic carbocycles. The fraction of sp³-hybridized carbons (Fsp3) is 0.750. The Kier molecular flexibility index (Phi) is 4.26. The molecule has 7 heteroatoms. The molecule has 6 nitrogen and oxygen atoms in total. The van der Waals surface area contributed by atoms with Crippen LogP contribution in [0.1, 0.15) is 31.4 Å². The molecule has 1 N–H and O–H groups in total. The van der Waals surface area contributed by atoms with Gasteiger partial charge in [-0.05, 0) is 32.6 Å². The minimum Gasteiger partial charge on any atom is -0.377 e. The Morgan fingerprint density at radius 1 is 1.30 bits per heavy atom. The van der Waals surface area contributed by atoms with Crippen LogP contribution < -0.4 is 5.32 Å². The summed E-state index contributed by atoms with van der Waals surface area (Å²) >= 11 is 1.73. The van der Waals surface area contributed by atoms with Crippen molar-refractivity contribution in [2.45, 2.75) is 44.8 Å². The molecule has 4 rings (SSSR count). The summed E-state index contributed by atoms with van der Waals surface area (Å²) < 4.78 is 8.82. The van der Waals surface area contributed by atoms with Crippen LogP contribution in [0.5, 0.6) is 0 Å². The highest BCUT2D eigenvalue weighted by Gasteiger charge is 2.24. The molecule has 1 atom stereocenters. The van der Waals surface area contributed by atoms with Crippen LogP contribution in [-0.4, -0.2) is 58.1 Å². The van der Waals surface area contributed by atoms with E-state index in [9.17, 15) is 0 Å². The summed E-state index contributed by atoms with van der Waals surface area (Å²) in [4.78, 5) is 7.26. The van der Waals surface area contributed by atoms with Gasteiger partial charge in [-0.25, -0.2) is 9.67 Å². The Labute approximate surface area is 140 Å². The number of nitrogens with one attached hydrogen (secondary N) is 1. The number of ether oxygens (including phenoxy) is 1. The SMILES string of the molecule is Cc1nn(C)c2nc(NC3CCN(CC4CCCO4)CC3)sc12. The minimum absolute atomic E-state index is 0.472. The normalized spacial score (nSPS) is 23.8. The van der Waals surface area contributed by atoms with E-state index < -0.39 is 0 Å². The molecule has 4 heterocycles. The van der Waals surface area contributed by atoms with Gasteiger partial charge >= 0.3 is 0 Å². The Hall–Kier alpha value is -1.18. The van der Waals surface area contributed by atoms with Crippen LogP contribution in [0.2, 0.25) is 0 Å². The van der Waals surface area contributed by atoms with E-state index in [0.29, 0.717) is 12.1 Å². The molecule has 2 saturated heterocycles. The van der Waals surface area contributed by atoms with E-state index in [0.717, 1.165) is 42.7 Å². The van der Waals surface area contributed by atoms with E-state index in [1.807, 2.05) is 18.7 Å². The van der Waals surface area contributed by atoms with Crippen LogP contribution in [0.4, 0.5) is 5.13 Å². The predicted octanol–water partition coefficient (Wildman–Crippen LogP) is 2.39. The van der Waals surface area contributed by atoms with Crippen molar-refractivity contribution >= 4 is 26.8 Å². The number of anilines is 1. The molecule has 126 valence electrons. The van der Waals surface area contributed by atoms with Crippen LogP contribution in [0.15, 0.2) is 0 Å². The van der Waals surface area contributed by atoms with Gasteiger partial charge in [0, 0.05) is 39.3 Å². The topological polar surface area (TPSA) is 55.2 Å². The van der Waals surface area contributed by atoms with Crippen molar-refractivity contribution in [1.82, 2.24) is 19.7 Å². The highest BCUT2D eigenvalue weighted by Crippen LogP contribution is 2.29.